The molecule has 0 radical (unpaired) electrons. The number of benzene rings is 1. The lowest BCUT2D eigenvalue weighted by molar-refractivity contribution is -0.384. The van der Waals surface area contributed by atoms with Crippen LogP contribution in [0.3, 0.4) is 0 Å². The van der Waals surface area contributed by atoms with E-state index >= 15 is 0 Å². The summed E-state index contributed by atoms with van der Waals surface area (Å²) in [5.74, 6) is 0.136. The second kappa shape index (κ2) is 6.48. The lowest BCUT2D eigenvalue weighted by Gasteiger charge is -2.10. The number of rotatable bonds is 4. The zero-order chi connectivity index (χ0) is 18.1. The van der Waals surface area contributed by atoms with E-state index in [-0.39, 0.29) is 17.3 Å². The van der Waals surface area contributed by atoms with Crippen LogP contribution in [-0.2, 0) is 11.3 Å². The van der Waals surface area contributed by atoms with Gasteiger partial charge in [0.25, 0.3) is 5.69 Å². The number of methoxy groups -OCH3 is 1. The average molecular weight is 361 g/mol. The van der Waals surface area contributed by atoms with Crippen molar-refractivity contribution in [1.82, 2.24) is 14.5 Å². The monoisotopic (exact) mass is 360 g/mol. The normalized spacial score (nSPS) is 10.8. The molecule has 3 aromatic rings. The number of hydrogen-bond donors (Lipinski definition) is 0. The van der Waals surface area contributed by atoms with Gasteiger partial charge in [-0.3, -0.25) is 10.1 Å². The number of aryl methyl sites for hydroxylation is 1. The SMILES string of the molecule is COC(=O)c1ccnc2nc(C)n(Cc3ccc([N+](=O)[O-])cc3Cl)c12. The van der Waals surface area contributed by atoms with Gasteiger partial charge >= 0.3 is 5.97 Å². The van der Waals surface area contributed by atoms with Crippen LogP contribution < -0.4 is 0 Å². The van der Waals surface area contributed by atoms with Gasteiger partial charge in [-0.05, 0) is 24.6 Å². The number of hydrogen-bond acceptors (Lipinski definition) is 6. The summed E-state index contributed by atoms with van der Waals surface area (Å²) < 4.78 is 6.60. The first-order chi connectivity index (χ1) is 11.9. The van der Waals surface area contributed by atoms with Crippen LogP contribution in [-0.4, -0.2) is 32.5 Å². The van der Waals surface area contributed by atoms with E-state index in [4.69, 9.17) is 16.3 Å². The number of non-ortho nitro benzene ring substituents is 1. The molecular formula is C16H13ClN4O4. The van der Waals surface area contributed by atoms with Gasteiger partial charge in [0.1, 0.15) is 11.3 Å². The van der Waals surface area contributed by atoms with Crippen molar-refractivity contribution in [3.05, 3.63) is 62.6 Å². The number of esters is 1. The van der Waals surface area contributed by atoms with Gasteiger partial charge in [-0.1, -0.05) is 11.6 Å². The Hall–Kier alpha value is -3.00. The van der Waals surface area contributed by atoms with Crippen molar-refractivity contribution >= 4 is 34.4 Å². The van der Waals surface area contributed by atoms with Gasteiger partial charge in [-0.2, -0.15) is 0 Å². The topological polar surface area (TPSA) is 100 Å². The Kier molecular flexibility index (Phi) is 4.37. The van der Waals surface area contributed by atoms with Gasteiger partial charge in [0.05, 0.1) is 29.2 Å². The Bertz CT molecular complexity index is 999. The number of carbonyl (C=O) groups is 1. The van der Waals surface area contributed by atoms with E-state index in [0.717, 1.165) is 0 Å². The molecule has 0 N–H and O–H groups in total. The van der Waals surface area contributed by atoms with Crippen molar-refractivity contribution in [2.75, 3.05) is 7.11 Å². The molecule has 128 valence electrons. The summed E-state index contributed by atoms with van der Waals surface area (Å²) in [5.41, 5.74) is 1.86. The van der Waals surface area contributed by atoms with Crippen molar-refractivity contribution in [2.24, 2.45) is 0 Å². The summed E-state index contributed by atoms with van der Waals surface area (Å²) in [6, 6.07) is 5.82. The van der Waals surface area contributed by atoms with E-state index in [2.05, 4.69) is 9.97 Å². The number of halogens is 1. The van der Waals surface area contributed by atoms with Crippen LogP contribution in [0.2, 0.25) is 5.02 Å². The van der Waals surface area contributed by atoms with E-state index < -0.39 is 10.9 Å². The van der Waals surface area contributed by atoms with Crippen molar-refractivity contribution in [2.45, 2.75) is 13.5 Å². The zero-order valence-corrected chi connectivity index (χ0v) is 14.1. The summed E-state index contributed by atoms with van der Waals surface area (Å²) in [6.45, 7) is 2.07. The predicted molar refractivity (Wildman–Crippen MR) is 90.8 cm³/mol. The van der Waals surface area contributed by atoms with Gasteiger partial charge in [-0.15, -0.1) is 0 Å². The van der Waals surface area contributed by atoms with Gasteiger partial charge in [0.2, 0.25) is 0 Å². The number of nitro benzene ring substituents is 1. The third-order valence-electron chi connectivity index (χ3n) is 3.81. The Morgan fingerprint density at radius 3 is 2.80 bits per heavy atom. The maximum absolute atomic E-state index is 12.0. The number of imidazole rings is 1. The molecule has 0 atom stereocenters. The number of aromatic nitrogens is 3. The molecule has 0 aliphatic carbocycles. The number of fused-ring (bicyclic) bond motifs is 1. The fourth-order valence-electron chi connectivity index (χ4n) is 2.58. The van der Waals surface area contributed by atoms with Crippen LogP contribution in [0.15, 0.2) is 30.5 Å². The minimum atomic E-state index is -0.507. The average Bonchev–Trinajstić information content (AvgIpc) is 2.91. The van der Waals surface area contributed by atoms with E-state index in [1.165, 1.54) is 25.4 Å². The first-order valence-corrected chi connectivity index (χ1v) is 7.63. The van der Waals surface area contributed by atoms with Gasteiger partial charge in [-0.25, -0.2) is 14.8 Å². The summed E-state index contributed by atoms with van der Waals surface area (Å²) in [7, 11) is 1.30. The second-order valence-electron chi connectivity index (χ2n) is 5.30. The zero-order valence-electron chi connectivity index (χ0n) is 13.4. The third kappa shape index (κ3) is 3.03. The lowest BCUT2D eigenvalue weighted by Crippen LogP contribution is -2.08. The van der Waals surface area contributed by atoms with Gasteiger partial charge < -0.3 is 9.30 Å². The standard InChI is InChI=1S/C16H13ClN4O4/c1-9-19-15-14(12(5-6-18-15)16(22)25-2)20(9)8-10-3-4-11(21(23)24)7-13(10)17/h3-7H,8H2,1-2H3. The van der Waals surface area contributed by atoms with Gasteiger partial charge in [0, 0.05) is 18.3 Å². The van der Waals surface area contributed by atoms with Crippen LogP contribution >= 0.6 is 11.6 Å². The molecule has 0 amide bonds. The van der Waals surface area contributed by atoms with E-state index in [1.807, 2.05) is 0 Å². The number of pyridine rings is 1. The Morgan fingerprint density at radius 2 is 2.16 bits per heavy atom. The molecule has 1 aromatic carbocycles. The fraction of sp³-hybridized carbons (Fsp3) is 0.188. The Balaban J connectivity index is 2.12. The highest BCUT2D eigenvalue weighted by Crippen LogP contribution is 2.26. The van der Waals surface area contributed by atoms with Crippen LogP contribution in [0.25, 0.3) is 11.2 Å². The summed E-state index contributed by atoms with van der Waals surface area (Å²) >= 11 is 6.18. The number of nitro groups is 1. The molecule has 0 unspecified atom stereocenters. The molecule has 25 heavy (non-hydrogen) atoms. The number of ether oxygens (including phenoxy) is 1. The molecule has 0 saturated carbocycles. The molecule has 2 heterocycles. The fourth-order valence-corrected chi connectivity index (χ4v) is 2.82. The molecule has 0 aliphatic rings. The largest absolute Gasteiger partial charge is 0.465 e. The number of nitrogens with zero attached hydrogens (tertiary/aromatic N) is 4. The van der Waals surface area contributed by atoms with E-state index in [9.17, 15) is 14.9 Å². The summed E-state index contributed by atoms with van der Waals surface area (Å²) in [6.07, 6.45) is 1.49. The molecule has 3 rings (SSSR count). The molecular weight excluding hydrogens is 348 g/mol. The van der Waals surface area contributed by atoms with Crippen molar-refractivity contribution < 1.29 is 14.5 Å². The second-order valence-corrected chi connectivity index (χ2v) is 5.71. The van der Waals surface area contributed by atoms with Crippen LogP contribution in [0.1, 0.15) is 21.7 Å². The first-order valence-electron chi connectivity index (χ1n) is 7.25. The van der Waals surface area contributed by atoms with Crippen molar-refractivity contribution in [1.29, 1.82) is 0 Å². The Morgan fingerprint density at radius 1 is 1.40 bits per heavy atom. The minimum Gasteiger partial charge on any atom is -0.465 e. The highest BCUT2D eigenvalue weighted by molar-refractivity contribution is 6.31. The maximum atomic E-state index is 12.0. The minimum absolute atomic E-state index is 0.0853. The predicted octanol–water partition coefficient (Wildman–Crippen LogP) is 3.14. The maximum Gasteiger partial charge on any atom is 0.340 e. The number of carbonyl (C=O) groups excluding carboxylic acids is 1. The van der Waals surface area contributed by atoms with Crippen molar-refractivity contribution in [3.63, 3.8) is 0 Å². The highest BCUT2D eigenvalue weighted by Gasteiger charge is 2.19. The smallest absolute Gasteiger partial charge is 0.340 e. The molecule has 0 spiro atoms. The van der Waals surface area contributed by atoms with Crippen LogP contribution in [0, 0.1) is 17.0 Å². The molecule has 0 bridgehead atoms. The highest BCUT2D eigenvalue weighted by atomic mass is 35.5. The van der Waals surface area contributed by atoms with Crippen molar-refractivity contribution in [3.8, 4) is 0 Å². The Labute approximate surface area is 147 Å². The third-order valence-corrected chi connectivity index (χ3v) is 4.17. The van der Waals surface area contributed by atoms with Gasteiger partial charge in [0.15, 0.2) is 5.65 Å². The van der Waals surface area contributed by atoms with E-state index in [0.29, 0.717) is 28.1 Å². The summed E-state index contributed by atoms with van der Waals surface area (Å²) in [5, 5.41) is 11.1. The molecule has 2 aromatic heterocycles. The quantitative estimate of drug-likeness (QED) is 0.402. The molecule has 8 nitrogen and oxygen atoms in total. The van der Waals surface area contributed by atoms with E-state index in [1.54, 1.807) is 23.6 Å². The summed E-state index contributed by atoms with van der Waals surface area (Å²) in [4.78, 5) is 30.9. The molecule has 0 saturated heterocycles. The lowest BCUT2D eigenvalue weighted by atomic mass is 10.2. The molecule has 9 heteroatoms. The van der Waals surface area contributed by atoms with Crippen LogP contribution in [0.4, 0.5) is 5.69 Å². The first kappa shape index (κ1) is 16.8. The molecule has 0 aliphatic heterocycles. The molecule has 0 fully saturated rings. The van der Waals surface area contributed by atoms with Crippen LogP contribution in [0.5, 0.6) is 0 Å².